The van der Waals surface area contributed by atoms with E-state index in [1.165, 1.54) is 18.2 Å². The van der Waals surface area contributed by atoms with Gasteiger partial charge in [-0.2, -0.15) is 0 Å². The van der Waals surface area contributed by atoms with E-state index >= 15 is 0 Å². The van der Waals surface area contributed by atoms with Crippen LogP contribution in [-0.4, -0.2) is 32.7 Å². The van der Waals surface area contributed by atoms with E-state index in [1.807, 2.05) is 0 Å². The number of amides is 1. The van der Waals surface area contributed by atoms with Crippen molar-refractivity contribution in [1.82, 2.24) is 0 Å². The summed E-state index contributed by atoms with van der Waals surface area (Å²) < 4.78 is 48.6. The first kappa shape index (κ1) is 22.9. The molecule has 0 radical (unpaired) electrons. The lowest BCUT2D eigenvalue weighted by Gasteiger charge is -2.13. The molecule has 3 aromatic rings. The lowest BCUT2D eigenvalue weighted by Crippen LogP contribution is -2.20. The van der Waals surface area contributed by atoms with Crippen LogP contribution in [0.3, 0.4) is 0 Å². The highest BCUT2D eigenvalue weighted by atomic mass is 32.2. The molecule has 0 bridgehead atoms. The number of anilines is 1. The summed E-state index contributed by atoms with van der Waals surface area (Å²) in [7, 11) is -3.24. The first-order valence-corrected chi connectivity index (χ1v) is 12.8. The number of esters is 1. The second kappa shape index (κ2) is 9.32. The lowest BCUT2D eigenvalue weighted by atomic mass is 10.1. The molecule has 10 heteroatoms. The van der Waals surface area contributed by atoms with Crippen molar-refractivity contribution >= 4 is 44.1 Å². The Labute approximate surface area is 193 Å². The molecule has 0 saturated heterocycles. The Morgan fingerprint density at radius 2 is 2.03 bits per heavy atom. The molecule has 0 saturated carbocycles. The molecule has 0 unspecified atom stereocenters. The summed E-state index contributed by atoms with van der Waals surface area (Å²) in [5.74, 6) is -1.12. The molecule has 2 aromatic heterocycles. The van der Waals surface area contributed by atoms with Crippen LogP contribution in [0.15, 0.2) is 46.9 Å². The molecule has 1 aliphatic rings. The molecule has 4 rings (SSSR count). The topological polar surface area (TPSA) is 103 Å². The Bertz CT molecular complexity index is 1350. The monoisotopic (exact) mass is 489 g/mol. The highest BCUT2D eigenvalue weighted by Crippen LogP contribution is 2.38. The minimum atomic E-state index is -3.24. The Morgan fingerprint density at radius 1 is 1.24 bits per heavy atom. The van der Waals surface area contributed by atoms with Crippen LogP contribution in [0.4, 0.5) is 9.39 Å². The van der Waals surface area contributed by atoms with E-state index in [9.17, 15) is 22.4 Å². The summed E-state index contributed by atoms with van der Waals surface area (Å²) >= 11 is 1.06. The van der Waals surface area contributed by atoms with Gasteiger partial charge in [0.05, 0.1) is 29.2 Å². The van der Waals surface area contributed by atoms with Gasteiger partial charge in [0.25, 0.3) is 0 Å². The number of fused-ring (bicyclic) bond motifs is 1. The van der Waals surface area contributed by atoms with Gasteiger partial charge in [0.2, 0.25) is 5.91 Å². The van der Waals surface area contributed by atoms with Crippen molar-refractivity contribution in [2.75, 3.05) is 17.7 Å². The fraction of sp³-hybridized carbons (Fsp3) is 0.217. The van der Waals surface area contributed by atoms with Crippen molar-refractivity contribution in [3.8, 4) is 11.3 Å². The van der Waals surface area contributed by atoms with Gasteiger partial charge in [0, 0.05) is 11.0 Å². The van der Waals surface area contributed by atoms with Gasteiger partial charge in [-0.15, -0.1) is 11.3 Å². The number of ether oxygens (including phenoxy) is 1. The zero-order valence-electron chi connectivity index (χ0n) is 17.6. The lowest BCUT2D eigenvalue weighted by molar-refractivity contribution is -0.111. The maximum absolute atomic E-state index is 13.9. The Balaban J connectivity index is 1.54. The van der Waals surface area contributed by atoms with Crippen molar-refractivity contribution in [3.63, 3.8) is 0 Å². The molecule has 1 N–H and O–H groups in total. The third kappa shape index (κ3) is 5.07. The van der Waals surface area contributed by atoms with Gasteiger partial charge in [-0.3, -0.25) is 4.79 Å². The highest BCUT2D eigenvalue weighted by Gasteiger charge is 2.31. The molecule has 172 valence electrons. The van der Waals surface area contributed by atoms with E-state index in [0.717, 1.165) is 11.3 Å². The quantitative estimate of drug-likeness (QED) is 0.406. The number of carbonyl (C=O) groups is 2. The number of rotatable bonds is 6. The van der Waals surface area contributed by atoms with Gasteiger partial charge in [0.1, 0.15) is 22.3 Å². The van der Waals surface area contributed by atoms with Crippen molar-refractivity contribution in [2.45, 2.75) is 19.1 Å². The summed E-state index contributed by atoms with van der Waals surface area (Å²) in [6, 6.07) is 9.39. The number of hydrogen-bond acceptors (Lipinski definition) is 7. The molecular formula is C23H20FNO6S2. The second-order valence-corrected chi connectivity index (χ2v) is 10.6. The average molecular weight is 490 g/mol. The SMILES string of the molecule is CCOC(=O)c1c(NC(=O)/C=C/c2ccc(-c3ccccc3F)o2)sc2c1CCS(=O)(=O)C2. The number of halogens is 1. The summed E-state index contributed by atoms with van der Waals surface area (Å²) in [5, 5.41) is 2.89. The molecule has 7 nitrogen and oxygen atoms in total. The maximum Gasteiger partial charge on any atom is 0.341 e. The minimum absolute atomic E-state index is 0.0563. The molecule has 1 aromatic carbocycles. The number of hydrogen-bond donors (Lipinski definition) is 1. The van der Waals surface area contributed by atoms with E-state index in [0.29, 0.717) is 27.5 Å². The number of furan rings is 1. The molecule has 1 amide bonds. The normalized spacial score (nSPS) is 14.7. The van der Waals surface area contributed by atoms with E-state index in [2.05, 4.69) is 5.32 Å². The van der Waals surface area contributed by atoms with E-state index < -0.39 is 27.5 Å². The van der Waals surface area contributed by atoms with Crippen LogP contribution in [0.25, 0.3) is 17.4 Å². The largest absolute Gasteiger partial charge is 0.462 e. The molecule has 0 aliphatic carbocycles. The van der Waals surface area contributed by atoms with E-state index in [1.54, 1.807) is 37.3 Å². The molecule has 3 heterocycles. The molecular weight excluding hydrogens is 469 g/mol. The summed E-state index contributed by atoms with van der Waals surface area (Å²) in [6.45, 7) is 1.82. The van der Waals surface area contributed by atoms with Crippen molar-refractivity contribution < 1.29 is 31.6 Å². The number of carbonyl (C=O) groups excluding carboxylic acids is 2. The summed E-state index contributed by atoms with van der Waals surface area (Å²) in [4.78, 5) is 25.6. The number of thiophene rings is 1. The molecule has 33 heavy (non-hydrogen) atoms. The Hall–Kier alpha value is -3.24. The van der Waals surface area contributed by atoms with Gasteiger partial charge < -0.3 is 14.5 Å². The third-order valence-corrected chi connectivity index (χ3v) is 7.87. The van der Waals surface area contributed by atoms with Gasteiger partial charge >= 0.3 is 5.97 Å². The standard InChI is InChI=1S/C23H20FNO6S2/c1-2-30-23(27)21-16-11-12-33(28,29)13-19(16)32-22(21)25-20(26)10-8-14-7-9-18(31-14)15-5-3-4-6-17(15)24/h3-10H,2,11-13H2,1H3,(H,25,26)/b10-8+. The molecule has 0 fully saturated rings. The van der Waals surface area contributed by atoms with Crippen molar-refractivity contribution in [3.05, 3.63) is 70.1 Å². The predicted molar refractivity (Wildman–Crippen MR) is 123 cm³/mol. The first-order valence-electron chi connectivity index (χ1n) is 10.1. The zero-order chi connectivity index (χ0) is 23.6. The molecule has 0 spiro atoms. The van der Waals surface area contributed by atoms with Crippen LogP contribution < -0.4 is 5.32 Å². The van der Waals surface area contributed by atoms with Crippen LogP contribution in [0.5, 0.6) is 0 Å². The van der Waals surface area contributed by atoms with Crippen LogP contribution in [0.1, 0.15) is 33.5 Å². The first-order chi connectivity index (χ1) is 15.8. The van der Waals surface area contributed by atoms with Crippen molar-refractivity contribution in [1.29, 1.82) is 0 Å². The minimum Gasteiger partial charge on any atom is -0.462 e. The fourth-order valence-electron chi connectivity index (χ4n) is 3.49. The van der Waals surface area contributed by atoms with Crippen LogP contribution >= 0.6 is 11.3 Å². The smallest absolute Gasteiger partial charge is 0.341 e. The third-order valence-electron chi connectivity index (χ3n) is 4.99. The van der Waals surface area contributed by atoms with Crippen LogP contribution in [0, 0.1) is 5.82 Å². The van der Waals surface area contributed by atoms with Crippen molar-refractivity contribution in [2.24, 2.45) is 0 Å². The highest BCUT2D eigenvalue weighted by molar-refractivity contribution is 7.90. The van der Waals surface area contributed by atoms with Gasteiger partial charge in [-0.05, 0) is 49.2 Å². The predicted octanol–water partition coefficient (Wildman–Crippen LogP) is 4.45. The number of benzene rings is 1. The van der Waals surface area contributed by atoms with Gasteiger partial charge in [-0.1, -0.05) is 12.1 Å². The maximum atomic E-state index is 13.9. The van der Waals surface area contributed by atoms with E-state index in [4.69, 9.17) is 9.15 Å². The fourth-order valence-corrected chi connectivity index (χ4v) is 6.53. The number of nitrogens with one attached hydrogen (secondary N) is 1. The van der Waals surface area contributed by atoms with Gasteiger partial charge in [-0.25, -0.2) is 17.6 Å². The van der Waals surface area contributed by atoms with Crippen LogP contribution in [-0.2, 0) is 31.5 Å². The Kier molecular flexibility index (Phi) is 6.48. The summed E-state index contributed by atoms with van der Waals surface area (Å²) in [6.07, 6.45) is 2.83. The van der Waals surface area contributed by atoms with Gasteiger partial charge in [0.15, 0.2) is 9.84 Å². The Morgan fingerprint density at radius 3 is 2.79 bits per heavy atom. The van der Waals surface area contributed by atoms with E-state index in [-0.39, 0.29) is 35.1 Å². The molecule has 1 aliphatic heterocycles. The summed E-state index contributed by atoms with van der Waals surface area (Å²) in [5.41, 5.74) is 1.11. The second-order valence-electron chi connectivity index (χ2n) is 7.27. The zero-order valence-corrected chi connectivity index (χ0v) is 19.2. The average Bonchev–Trinajstić information content (AvgIpc) is 3.36. The van der Waals surface area contributed by atoms with Crippen LogP contribution in [0.2, 0.25) is 0 Å². The number of sulfone groups is 1. The molecule has 0 atom stereocenters.